The van der Waals surface area contributed by atoms with Crippen LogP contribution in [-0.4, -0.2) is 36.2 Å². The first kappa shape index (κ1) is 20.5. The number of amides is 2. The number of phenols is 1. The lowest BCUT2D eigenvalue weighted by Gasteiger charge is -2.48. The Balaban J connectivity index is 1.55. The third kappa shape index (κ3) is 2.90. The number of carbonyl (C=O) groups is 2. The Bertz CT molecular complexity index is 1150. The van der Waals surface area contributed by atoms with Gasteiger partial charge in [0.25, 0.3) is 0 Å². The number of phenolic OH excluding ortho intramolecular Hbond substituents is 1. The van der Waals surface area contributed by atoms with Gasteiger partial charge in [-0.15, -0.1) is 0 Å². The van der Waals surface area contributed by atoms with E-state index in [2.05, 4.69) is 6.08 Å². The lowest BCUT2D eigenvalue weighted by atomic mass is 9.61. The van der Waals surface area contributed by atoms with Crippen LogP contribution in [0.3, 0.4) is 0 Å². The van der Waals surface area contributed by atoms with E-state index in [1.54, 1.807) is 31.4 Å². The highest BCUT2D eigenvalue weighted by atomic mass is 16.5. The Labute approximate surface area is 192 Å². The van der Waals surface area contributed by atoms with Crippen molar-refractivity contribution in [1.82, 2.24) is 0 Å². The lowest BCUT2D eigenvalue weighted by Crippen LogP contribution is -2.48. The lowest BCUT2D eigenvalue weighted by molar-refractivity contribution is -0.123. The second-order valence-electron chi connectivity index (χ2n) is 9.64. The molecule has 2 aliphatic heterocycles. The van der Waals surface area contributed by atoms with E-state index in [9.17, 15) is 14.7 Å². The molecule has 2 heterocycles. The number of anilines is 1. The van der Waals surface area contributed by atoms with Gasteiger partial charge in [-0.25, -0.2) is 0 Å². The molecule has 4 atom stereocenters. The molecule has 1 saturated carbocycles. The van der Waals surface area contributed by atoms with Crippen molar-refractivity contribution in [3.8, 4) is 11.5 Å². The number of imide groups is 1. The van der Waals surface area contributed by atoms with Gasteiger partial charge in [-0.05, 0) is 49.5 Å². The van der Waals surface area contributed by atoms with Crippen LogP contribution in [0.15, 0.2) is 60.2 Å². The predicted octanol–water partition coefficient (Wildman–Crippen LogP) is 4.19. The van der Waals surface area contributed by atoms with Crippen molar-refractivity contribution in [2.24, 2.45) is 17.8 Å². The maximum absolute atomic E-state index is 14.0. The number of hydrogen-bond donors (Lipinski definition) is 1. The van der Waals surface area contributed by atoms with Crippen molar-refractivity contribution in [3.63, 3.8) is 0 Å². The molecule has 4 aliphatic rings. The van der Waals surface area contributed by atoms with E-state index in [-0.39, 0.29) is 29.4 Å². The summed E-state index contributed by atoms with van der Waals surface area (Å²) in [6.07, 6.45) is 6.00. The largest absolute Gasteiger partial charge is 0.508 e. The van der Waals surface area contributed by atoms with Gasteiger partial charge < -0.3 is 14.6 Å². The standard InChI is InChI=1S/C27H27NO5/c1-32-15-16-13-20-23(19-10-9-18(29)14-21(19)33-27(20)11-5-6-12-27)24-22(16)25(30)28(26(24)31)17-7-3-2-4-8-17/h2-4,7-10,13-14,16,22-24,29H,5-6,11-12,15H2,1H3/t16-,22+,23-,24+/m0/s1. The number of methoxy groups -OCH3 is 1. The van der Waals surface area contributed by atoms with Crippen LogP contribution in [0.1, 0.15) is 37.2 Å². The average molecular weight is 446 g/mol. The van der Waals surface area contributed by atoms with Crippen molar-refractivity contribution in [2.75, 3.05) is 18.6 Å². The molecule has 6 rings (SSSR count). The number of rotatable bonds is 3. The predicted molar refractivity (Wildman–Crippen MR) is 122 cm³/mol. The van der Waals surface area contributed by atoms with Crippen molar-refractivity contribution in [1.29, 1.82) is 0 Å². The van der Waals surface area contributed by atoms with Crippen LogP contribution in [-0.2, 0) is 14.3 Å². The van der Waals surface area contributed by atoms with Gasteiger partial charge in [0.15, 0.2) is 0 Å². The highest BCUT2D eigenvalue weighted by Gasteiger charge is 2.61. The van der Waals surface area contributed by atoms with Crippen molar-refractivity contribution < 1.29 is 24.2 Å². The molecule has 0 aromatic heterocycles. The average Bonchev–Trinajstić information content (AvgIpc) is 3.38. The minimum atomic E-state index is -0.525. The van der Waals surface area contributed by atoms with Crippen LogP contribution in [0.5, 0.6) is 11.5 Å². The summed E-state index contributed by atoms with van der Waals surface area (Å²) in [5.41, 5.74) is 2.09. The fourth-order valence-electron chi connectivity index (χ4n) is 6.59. The number of carbonyl (C=O) groups excluding carboxylic acids is 2. The van der Waals surface area contributed by atoms with Gasteiger partial charge >= 0.3 is 0 Å². The van der Waals surface area contributed by atoms with Gasteiger partial charge in [0.05, 0.1) is 24.1 Å². The summed E-state index contributed by atoms with van der Waals surface area (Å²) in [5, 5.41) is 10.2. The van der Waals surface area contributed by atoms with Gasteiger partial charge in [-0.2, -0.15) is 0 Å². The summed E-state index contributed by atoms with van der Waals surface area (Å²) in [4.78, 5) is 29.1. The first-order valence-corrected chi connectivity index (χ1v) is 11.7. The number of fused-ring (bicyclic) bond motifs is 6. The Kier molecular flexibility index (Phi) is 4.63. The van der Waals surface area contributed by atoms with Gasteiger partial charge in [0.1, 0.15) is 17.1 Å². The third-order valence-electron chi connectivity index (χ3n) is 7.90. The topological polar surface area (TPSA) is 76.1 Å². The van der Waals surface area contributed by atoms with Crippen LogP contribution in [0.25, 0.3) is 0 Å². The van der Waals surface area contributed by atoms with Crippen LogP contribution >= 0.6 is 0 Å². The van der Waals surface area contributed by atoms with Crippen LogP contribution in [0.4, 0.5) is 5.69 Å². The number of benzene rings is 2. The van der Waals surface area contributed by atoms with Crippen LogP contribution in [0, 0.1) is 17.8 Å². The molecule has 2 aromatic carbocycles. The van der Waals surface area contributed by atoms with Crippen LogP contribution in [0.2, 0.25) is 0 Å². The van der Waals surface area contributed by atoms with E-state index in [1.807, 2.05) is 24.3 Å². The molecule has 6 nitrogen and oxygen atoms in total. The van der Waals surface area contributed by atoms with Gasteiger partial charge in [0.2, 0.25) is 11.8 Å². The number of hydrogen-bond acceptors (Lipinski definition) is 5. The Hall–Kier alpha value is -3.12. The Morgan fingerprint density at radius 3 is 2.52 bits per heavy atom. The van der Waals surface area contributed by atoms with E-state index >= 15 is 0 Å². The smallest absolute Gasteiger partial charge is 0.238 e. The summed E-state index contributed by atoms with van der Waals surface area (Å²) < 4.78 is 12.1. The van der Waals surface area contributed by atoms with Crippen LogP contribution < -0.4 is 9.64 Å². The highest BCUT2D eigenvalue weighted by Crippen LogP contribution is 2.60. The molecule has 170 valence electrons. The van der Waals surface area contributed by atoms with Crippen molar-refractivity contribution in [2.45, 2.75) is 37.2 Å². The molecule has 2 aromatic rings. The first-order chi connectivity index (χ1) is 16.0. The summed E-state index contributed by atoms with van der Waals surface area (Å²) in [7, 11) is 1.64. The zero-order valence-corrected chi connectivity index (χ0v) is 18.6. The number of ether oxygens (including phenoxy) is 2. The van der Waals surface area contributed by atoms with E-state index in [0.29, 0.717) is 18.0 Å². The SMILES string of the molecule is COC[C@@H]1C=C2[C@H](c3ccc(O)cc3OC23CCCC3)[C@@H]2C(=O)N(c3ccccc3)C(=O)[C@@H]21. The summed E-state index contributed by atoms with van der Waals surface area (Å²) in [6, 6.07) is 14.3. The second-order valence-corrected chi connectivity index (χ2v) is 9.64. The molecule has 0 unspecified atom stereocenters. The van der Waals surface area contributed by atoms with Gasteiger partial charge in [0, 0.05) is 30.6 Å². The monoisotopic (exact) mass is 445 g/mol. The molecule has 33 heavy (non-hydrogen) atoms. The Morgan fingerprint density at radius 1 is 1.06 bits per heavy atom. The normalized spacial score (nSPS) is 29.4. The van der Waals surface area contributed by atoms with Crippen molar-refractivity contribution in [3.05, 3.63) is 65.7 Å². The maximum atomic E-state index is 14.0. The zero-order chi connectivity index (χ0) is 22.7. The highest BCUT2D eigenvalue weighted by molar-refractivity contribution is 6.22. The summed E-state index contributed by atoms with van der Waals surface area (Å²) >= 11 is 0. The Morgan fingerprint density at radius 2 is 1.79 bits per heavy atom. The van der Waals surface area contributed by atoms with Gasteiger partial charge in [-0.1, -0.05) is 30.3 Å². The van der Waals surface area contributed by atoms with Crippen molar-refractivity contribution >= 4 is 17.5 Å². The van der Waals surface area contributed by atoms with E-state index in [4.69, 9.17) is 9.47 Å². The molecular weight excluding hydrogens is 418 g/mol. The summed E-state index contributed by atoms with van der Waals surface area (Å²) in [5.74, 6) is -1.04. The maximum Gasteiger partial charge on any atom is 0.238 e. The van der Waals surface area contributed by atoms with E-state index in [1.165, 1.54) is 4.90 Å². The van der Waals surface area contributed by atoms with E-state index < -0.39 is 17.4 Å². The molecule has 0 radical (unpaired) electrons. The van der Waals surface area contributed by atoms with Gasteiger partial charge in [-0.3, -0.25) is 14.5 Å². The fraction of sp³-hybridized carbons (Fsp3) is 0.407. The quantitative estimate of drug-likeness (QED) is 0.566. The first-order valence-electron chi connectivity index (χ1n) is 11.7. The number of para-hydroxylation sites is 1. The molecular formula is C27H27NO5. The minimum Gasteiger partial charge on any atom is -0.508 e. The molecule has 1 spiro atoms. The molecule has 0 bridgehead atoms. The molecule has 6 heteroatoms. The second kappa shape index (κ2) is 7.45. The number of aromatic hydroxyl groups is 1. The summed E-state index contributed by atoms with van der Waals surface area (Å²) in [6.45, 7) is 0.373. The number of nitrogens with zero attached hydrogens (tertiary/aromatic N) is 1. The molecule has 2 aliphatic carbocycles. The fourth-order valence-corrected chi connectivity index (χ4v) is 6.59. The third-order valence-corrected chi connectivity index (χ3v) is 7.90. The molecule has 2 fully saturated rings. The van der Waals surface area contributed by atoms with E-state index in [0.717, 1.165) is 36.8 Å². The zero-order valence-electron chi connectivity index (χ0n) is 18.6. The molecule has 1 N–H and O–H groups in total. The minimum absolute atomic E-state index is 0.138. The molecule has 1 saturated heterocycles. The molecule has 2 amide bonds.